The van der Waals surface area contributed by atoms with Crippen LogP contribution in [0, 0.1) is 23.6 Å². The molecule has 1 aromatic rings. The molecule has 0 spiro atoms. The van der Waals surface area contributed by atoms with E-state index in [4.69, 9.17) is 5.11 Å². The number of aliphatic hydroxyl groups is 1. The highest BCUT2D eigenvalue weighted by Gasteiger charge is 2.30. The van der Waals surface area contributed by atoms with Gasteiger partial charge in [-0.3, -0.25) is 4.90 Å². The maximum atomic E-state index is 13.5. The van der Waals surface area contributed by atoms with Crippen molar-refractivity contribution in [2.45, 2.75) is 32.4 Å². The summed E-state index contributed by atoms with van der Waals surface area (Å²) in [5.74, 6) is 5.62. The zero-order valence-corrected chi connectivity index (χ0v) is 11.5. The Kier molecular flexibility index (Phi) is 4.57. The predicted molar refractivity (Wildman–Crippen MR) is 74.0 cm³/mol. The Labute approximate surface area is 114 Å². The number of hydrogen-bond donors (Lipinski definition) is 1. The average molecular weight is 261 g/mol. The highest BCUT2D eigenvalue weighted by Crippen LogP contribution is 2.35. The first-order valence-electron chi connectivity index (χ1n) is 6.70. The standard InChI is InChI=1S/C16H20FNO/c1-12(14-6-7-14)18(2)11-13-5-8-16(17)15(10-13)4-3-9-19/h5,8,10,12,14,19H,6-7,9,11H2,1-2H3. The van der Waals surface area contributed by atoms with E-state index in [1.54, 1.807) is 12.1 Å². The quantitative estimate of drug-likeness (QED) is 0.841. The van der Waals surface area contributed by atoms with Crippen LogP contribution in [0.3, 0.4) is 0 Å². The topological polar surface area (TPSA) is 23.5 Å². The van der Waals surface area contributed by atoms with E-state index in [0.717, 1.165) is 18.0 Å². The van der Waals surface area contributed by atoms with E-state index in [-0.39, 0.29) is 12.4 Å². The molecule has 1 aromatic carbocycles. The molecule has 0 aliphatic heterocycles. The molecule has 102 valence electrons. The minimum atomic E-state index is -0.331. The van der Waals surface area contributed by atoms with Gasteiger partial charge in [-0.15, -0.1) is 0 Å². The van der Waals surface area contributed by atoms with Crippen molar-refractivity contribution in [3.05, 3.63) is 35.1 Å². The fraction of sp³-hybridized carbons (Fsp3) is 0.500. The van der Waals surface area contributed by atoms with E-state index >= 15 is 0 Å². The van der Waals surface area contributed by atoms with Crippen LogP contribution in [0.5, 0.6) is 0 Å². The van der Waals surface area contributed by atoms with Crippen LogP contribution in [0.15, 0.2) is 18.2 Å². The van der Waals surface area contributed by atoms with Gasteiger partial charge in [0.05, 0.1) is 5.56 Å². The summed E-state index contributed by atoms with van der Waals surface area (Å²) < 4.78 is 13.5. The normalized spacial score (nSPS) is 16.1. The Bertz CT molecular complexity index is 499. The van der Waals surface area contributed by atoms with Crippen LogP contribution in [0.1, 0.15) is 30.9 Å². The van der Waals surface area contributed by atoms with Crippen molar-refractivity contribution in [2.75, 3.05) is 13.7 Å². The second kappa shape index (κ2) is 6.18. The number of nitrogens with zero attached hydrogens (tertiary/aromatic N) is 1. The van der Waals surface area contributed by atoms with E-state index in [1.165, 1.54) is 18.9 Å². The van der Waals surface area contributed by atoms with Crippen LogP contribution in [0.2, 0.25) is 0 Å². The van der Waals surface area contributed by atoms with E-state index < -0.39 is 0 Å². The lowest BCUT2D eigenvalue weighted by Crippen LogP contribution is -2.30. The first-order chi connectivity index (χ1) is 9.11. The molecule has 0 heterocycles. The van der Waals surface area contributed by atoms with Gasteiger partial charge in [-0.25, -0.2) is 4.39 Å². The number of rotatable bonds is 4. The van der Waals surface area contributed by atoms with Crippen molar-refractivity contribution < 1.29 is 9.50 Å². The maximum absolute atomic E-state index is 13.5. The maximum Gasteiger partial charge on any atom is 0.138 e. The van der Waals surface area contributed by atoms with Gasteiger partial charge < -0.3 is 5.11 Å². The zero-order valence-electron chi connectivity index (χ0n) is 11.5. The molecule has 1 aliphatic rings. The number of halogens is 1. The van der Waals surface area contributed by atoms with Gasteiger partial charge in [0.1, 0.15) is 12.4 Å². The third kappa shape index (κ3) is 3.79. The minimum absolute atomic E-state index is 0.248. The molecule has 1 aliphatic carbocycles. The second-order valence-electron chi connectivity index (χ2n) is 5.27. The Morgan fingerprint density at radius 3 is 2.84 bits per heavy atom. The summed E-state index contributed by atoms with van der Waals surface area (Å²) in [6.45, 7) is 2.79. The molecular weight excluding hydrogens is 241 g/mol. The predicted octanol–water partition coefficient (Wildman–Crippen LogP) is 2.40. The summed E-state index contributed by atoms with van der Waals surface area (Å²) in [6, 6.07) is 5.59. The van der Waals surface area contributed by atoms with E-state index in [1.807, 2.05) is 0 Å². The van der Waals surface area contributed by atoms with E-state index in [9.17, 15) is 4.39 Å². The highest BCUT2D eigenvalue weighted by molar-refractivity contribution is 5.38. The van der Waals surface area contributed by atoms with Crippen LogP contribution in [-0.4, -0.2) is 29.7 Å². The molecule has 2 nitrogen and oxygen atoms in total. The van der Waals surface area contributed by atoms with Gasteiger partial charge in [-0.1, -0.05) is 17.9 Å². The van der Waals surface area contributed by atoms with Crippen molar-refractivity contribution in [3.63, 3.8) is 0 Å². The molecule has 3 heteroatoms. The Morgan fingerprint density at radius 1 is 1.47 bits per heavy atom. The van der Waals surface area contributed by atoms with Crippen molar-refractivity contribution >= 4 is 0 Å². The van der Waals surface area contributed by atoms with E-state index in [2.05, 4.69) is 30.7 Å². The van der Waals surface area contributed by atoms with Gasteiger partial charge in [0.25, 0.3) is 0 Å². The molecule has 0 amide bonds. The van der Waals surface area contributed by atoms with Crippen molar-refractivity contribution in [1.29, 1.82) is 0 Å². The van der Waals surface area contributed by atoms with Gasteiger partial charge in [0.2, 0.25) is 0 Å². The van der Waals surface area contributed by atoms with Gasteiger partial charge >= 0.3 is 0 Å². The average Bonchev–Trinajstić information content (AvgIpc) is 3.22. The molecule has 0 saturated heterocycles. The van der Waals surface area contributed by atoms with Gasteiger partial charge in [-0.2, -0.15) is 0 Å². The highest BCUT2D eigenvalue weighted by atomic mass is 19.1. The molecular formula is C16H20FNO. The molecule has 19 heavy (non-hydrogen) atoms. The molecule has 0 radical (unpaired) electrons. The molecule has 0 bridgehead atoms. The molecule has 0 aromatic heterocycles. The second-order valence-corrected chi connectivity index (χ2v) is 5.27. The van der Waals surface area contributed by atoms with Crippen LogP contribution in [0.4, 0.5) is 4.39 Å². The van der Waals surface area contributed by atoms with Gasteiger partial charge in [0.15, 0.2) is 0 Å². The summed E-state index contributed by atoms with van der Waals surface area (Å²) in [5.41, 5.74) is 1.41. The van der Waals surface area contributed by atoms with Gasteiger partial charge in [-0.05, 0) is 50.4 Å². The first-order valence-corrected chi connectivity index (χ1v) is 6.70. The lowest BCUT2D eigenvalue weighted by atomic mass is 10.1. The largest absolute Gasteiger partial charge is 0.384 e. The molecule has 1 fully saturated rings. The number of hydrogen-bond acceptors (Lipinski definition) is 2. The van der Waals surface area contributed by atoms with Crippen LogP contribution in [-0.2, 0) is 6.54 Å². The SMILES string of the molecule is CC(C1CC1)N(C)Cc1ccc(F)c(C#CCO)c1. The summed E-state index contributed by atoms with van der Waals surface area (Å²) in [5, 5.41) is 8.67. The molecule has 2 rings (SSSR count). The fourth-order valence-electron chi connectivity index (χ4n) is 2.27. The van der Waals surface area contributed by atoms with Crippen LogP contribution >= 0.6 is 0 Å². The third-order valence-corrected chi connectivity index (χ3v) is 3.76. The van der Waals surface area contributed by atoms with Crippen molar-refractivity contribution in [1.82, 2.24) is 4.90 Å². The lowest BCUT2D eigenvalue weighted by Gasteiger charge is -2.24. The molecule has 1 unspecified atom stereocenters. The third-order valence-electron chi connectivity index (χ3n) is 3.76. The summed E-state index contributed by atoms with van der Waals surface area (Å²) >= 11 is 0. The Hall–Kier alpha value is -1.37. The van der Waals surface area contributed by atoms with Crippen molar-refractivity contribution in [3.8, 4) is 11.8 Å². The fourth-order valence-corrected chi connectivity index (χ4v) is 2.27. The van der Waals surface area contributed by atoms with Crippen LogP contribution < -0.4 is 0 Å². The number of aliphatic hydroxyl groups excluding tert-OH is 1. The Morgan fingerprint density at radius 2 is 2.21 bits per heavy atom. The summed E-state index contributed by atoms with van der Waals surface area (Å²) in [6.07, 6.45) is 2.64. The minimum Gasteiger partial charge on any atom is -0.384 e. The van der Waals surface area contributed by atoms with E-state index in [0.29, 0.717) is 11.6 Å². The van der Waals surface area contributed by atoms with Crippen LogP contribution in [0.25, 0.3) is 0 Å². The lowest BCUT2D eigenvalue weighted by molar-refractivity contribution is 0.226. The monoisotopic (exact) mass is 261 g/mol. The molecule has 1 saturated carbocycles. The molecule has 1 atom stereocenters. The smallest absolute Gasteiger partial charge is 0.138 e. The summed E-state index contributed by atoms with van der Waals surface area (Å²) in [7, 11) is 2.10. The van der Waals surface area contributed by atoms with Crippen molar-refractivity contribution in [2.24, 2.45) is 5.92 Å². The van der Waals surface area contributed by atoms with Gasteiger partial charge in [0, 0.05) is 12.6 Å². The summed E-state index contributed by atoms with van der Waals surface area (Å²) in [4.78, 5) is 2.30. The first kappa shape index (κ1) is 14.0. The number of benzene rings is 1. The molecule has 1 N–H and O–H groups in total. The zero-order chi connectivity index (χ0) is 13.8. The Balaban J connectivity index is 2.07.